The molecule has 3 N–H and O–H groups in total. The zero-order valence-electron chi connectivity index (χ0n) is 13.7. The van der Waals surface area contributed by atoms with E-state index in [1.54, 1.807) is 6.92 Å². The zero-order valence-corrected chi connectivity index (χ0v) is 13.7. The van der Waals surface area contributed by atoms with E-state index in [1.807, 2.05) is 6.92 Å². The highest BCUT2D eigenvalue weighted by Crippen LogP contribution is 2.37. The van der Waals surface area contributed by atoms with E-state index in [2.05, 4.69) is 24.5 Å². The Bertz CT molecular complexity index is 369. The molecule has 0 aromatic carbocycles. The largest absolute Gasteiger partial charge is 0.481 e. The van der Waals surface area contributed by atoms with E-state index in [1.165, 1.54) is 6.42 Å². The second kappa shape index (κ2) is 7.66. The van der Waals surface area contributed by atoms with Crippen molar-refractivity contribution in [3.05, 3.63) is 0 Å². The highest BCUT2D eigenvalue weighted by molar-refractivity contribution is 5.74. The van der Waals surface area contributed by atoms with Gasteiger partial charge in [-0.25, -0.2) is 4.79 Å². The zero-order chi connectivity index (χ0) is 16.0. The maximum atomic E-state index is 12.0. The van der Waals surface area contributed by atoms with Gasteiger partial charge in [-0.1, -0.05) is 33.6 Å². The van der Waals surface area contributed by atoms with Crippen LogP contribution in [-0.4, -0.2) is 29.2 Å². The number of carbonyl (C=O) groups is 2. The molecule has 5 nitrogen and oxygen atoms in total. The summed E-state index contributed by atoms with van der Waals surface area (Å²) in [6.45, 7) is 8.07. The van der Waals surface area contributed by atoms with Crippen LogP contribution in [0.15, 0.2) is 0 Å². The van der Waals surface area contributed by atoms with E-state index < -0.39 is 5.97 Å². The number of amides is 2. The van der Waals surface area contributed by atoms with Crippen LogP contribution in [-0.2, 0) is 4.79 Å². The first kappa shape index (κ1) is 17.8. The molecule has 0 saturated heterocycles. The predicted octanol–water partition coefficient (Wildman–Crippen LogP) is 3.14. The summed E-state index contributed by atoms with van der Waals surface area (Å²) < 4.78 is 0. The molecule has 0 aliphatic heterocycles. The molecule has 0 aromatic heterocycles. The molecule has 1 aliphatic rings. The maximum absolute atomic E-state index is 12.0. The Hall–Kier alpha value is -1.26. The molecule has 1 aliphatic carbocycles. The molecule has 1 saturated carbocycles. The summed E-state index contributed by atoms with van der Waals surface area (Å²) in [5, 5.41) is 14.8. The monoisotopic (exact) mass is 298 g/mol. The van der Waals surface area contributed by atoms with Gasteiger partial charge >= 0.3 is 12.0 Å². The summed E-state index contributed by atoms with van der Waals surface area (Å²) >= 11 is 0. The highest BCUT2D eigenvalue weighted by Gasteiger charge is 2.35. The Kier molecular flexibility index (Phi) is 6.49. The summed E-state index contributed by atoms with van der Waals surface area (Å²) in [5.74, 6) is -1.07. The lowest BCUT2D eigenvalue weighted by atomic mass is 9.87. The average molecular weight is 298 g/mol. The maximum Gasteiger partial charge on any atom is 0.315 e. The Balaban J connectivity index is 2.23. The quantitative estimate of drug-likeness (QED) is 0.675. The SMILES string of the molecule is CC(CCCC(C)C(=O)O)NC(=O)NC1CCCC1(C)C. The lowest BCUT2D eigenvalue weighted by Crippen LogP contribution is -2.48. The fraction of sp³-hybridized carbons (Fsp3) is 0.875. The fourth-order valence-corrected chi connectivity index (χ4v) is 2.94. The topological polar surface area (TPSA) is 78.4 Å². The van der Waals surface area contributed by atoms with Crippen LogP contribution in [0.2, 0.25) is 0 Å². The number of nitrogens with one attached hydrogen (secondary N) is 2. The van der Waals surface area contributed by atoms with Crippen molar-refractivity contribution < 1.29 is 14.7 Å². The van der Waals surface area contributed by atoms with Crippen molar-refractivity contribution in [1.82, 2.24) is 10.6 Å². The minimum atomic E-state index is -0.753. The van der Waals surface area contributed by atoms with Crippen molar-refractivity contribution >= 4 is 12.0 Å². The van der Waals surface area contributed by atoms with Crippen molar-refractivity contribution in [3.8, 4) is 0 Å². The molecule has 0 bridgehead atoms. The predicted molar refractivity (Wildman–Crippen MR) is 83.2 cm³/mol. The second-order valence-electron chi connectivity index (χ2n) is 7.12. The molecule has 3 atom stereocenters. The van der Waals surface area contributed by atoms with Crippen LogP contribution < -0.4 is 10.6 Å². The van der Waals surface area contributed by atoms with Crippen LogP contribution in [0.1, 0.15) is 66.2 Å². The summed E-state index contributed by atoms with van der Waals surface area (Å²) in [7, 11) is 0. The van der Waals surface area contributed by atoms with Gasteiger partial charge in [-0.15, -0.1) is 0 Å². The Morgan fingerprint density at radius 2 is 1.95 bits per heavy atom. The third kappa shape index (κ3) is 5.94. The fourth-order valence-electron chi connectivity index (χ4n) is 2.94. The van der Waals surface area contributed by atoms with Crippen molar-refractivity contribution in [2.24, 2.45) is 11.3 Å². The lowest BCUT2D eigenvalue weighted by Gasteiger charge is -2.28. The molecule has 0 spiro atoms. The van der Waals surface area contributed by atoms with E-state index in [0.29, 0.717) is 6.42 Å². The second-order valence-corrected chi connectivity index (χ2v) is 7.12. The van der Waals surface area contributed by atoms with Gasteiger partial charge in [0.2, 0.25) is 0 Å². The minimum absolute atomic E-state index is 0.0653. The molecular weight excluding hydrogens is 268 g/mol. The van der Waals surface area contributed by atoms with Gasteiger partial charge < -0.3 is 15.7 Å². The number of carboxylic acids is 1. The standard InChI is InChI=1S/C16H30N2O3/c1-11(14(19)20)7-5-8-12(2)17-15(21)18-13-9-6-10-16(13,3)4/h11-13H,5-10H2,1-4H3,(H,19,20)(H2,17,18,21). The van der Waals surface area contributed by atoms with Crippen LogP contribution in [0.4, 0.5) is 4.79 Å². The van der Waals surface area contributed by atoms with E-state index >= 15 is 0 Å². The first-order valence-electron chi connectivity index (χ1n) is 8.02. The van der Waals surface area contributed by atoms with Crippen molar-refractivity contribution in [3.63, 3.8) is 0 Å². The molecule has 122 valence electrons. The Morgan fingerprint density at radius 1 is 1.29 bits per heavy atom. The Morgan fingerprint density at radius 3 is 2.48 bits per heavy atom. The van der Waals surface area contributed by atoms with Gasteiger partial charge in [0.1, 0.15) is 0 Å². The number of hydrogen-bond donors (Lipinski definition) is 3. The van der Waals surface area contributed by atoms with Gasteiger partial charge in [0.05, 0.1) is 5.92 Å². The molecule has 3 unspecified atom stereocenters. The van der Waals surface area contributed by atoms with Crippen molar-refractivity contribution in [2.45, 2.75) is 78.3 Å². The summed E-state index contributed by atoms with van der Waals surface area (Å²) in [6.07, 6.45) is 5.63. The molecule has 2 amide bonds. The number of aliphatic carboxylic acids is 1. The summed E-state index contributed by atoms with van der Waals surface area (Å²) in [4.78, 5) is 22.7. The van der Waals surface area contributed by atoms with E-state index in [4.69, 9.17) is 5.11 Å². The number of urea groups is 1. The molecule has 1 rings (SSSR count). The van der Waals surface area contributed by atoms with E-state index in [-0.39, 0.29) is 29.4 Å². The van der Waals surface area contributed by atoms with Crippen LogP contribution in [0, 0.1) is 11.3 Å². The van der Waals surface area contributed by atoms with Gasteiger partial charge in [0.15, 0.2) is 0 Å². The molecule has 0 aromatic rings. The first-order valence-corrected chi connectivity index (χ1v) is 8.02. The third-order valence-corrected chi connectivity index (χ3v) is 4.64. The molecule has 5 heteroatoms. The smallest absolute Gasteiger partial charge is 0.315 e. The minimum Gasteiger partial charge on any atom is -0.481 e. The van der Waals surface area contributed by atoms with E-state index in [9.17, 15) is 9.59 Å². The number of rotatable bonds is 7. The molecule has 0 heterocycles. The van der Waals surface area contributed by atoms with Gasteiger partial charge in [-0.3, -0.25) is 4.79 Å². The summed E-state index contributed by atoms with van der Waals surface area (Å²) in [5.41, 5.74) is 0.178. The lowest BCUT2D eigenvalue weighted by molar-refractivity contribution is -0.141. The Labute approximate surface area is 127 Å². The molecule has 21 heavy (non-hydrogen) atoms. The van der Waals surface area contributed by atoms with Crippen molar-refractivity contribution in [2.75, 3.05) is 0 Å². The van der Waals surface area contributed by atoms with Crippen LogP contribution in [0.3, 0.4) is 0 Å². The summed E-state index contributed by atoms with van der Waals surface area (Å²) in [6, 6.07) is 0.209. The van der Waals surface area contributed by atoms with Crippen molar-refractivity contribution in [1.29, 1.82) is 0 Å². The number of carboxylic acid groups (broad SMARTS) is 1. The third-order valence-electron chi connectivity index (χ3n) is 4.64. The van der Waals surface area contributed by atoms with Crippen LogP contribution in [0.5, 0.6) is 0 Å². The van der Waals surface area contributed by atoms with Crippen LogP contribution >= 0.6 is 0 Å². The van der Waals surface area contributed by atoms with Gasteiger partial charge in [-0.2, -0.15) is 0 Å². The number of carbonyl (C=O) groups excluding carboxylic acids is 1. The normalized spacial score (nSPS) is 23.3. The molecule has 0 radical (unpaired) electrons. The first-order chi connectivity index (χ1) is 9.72. The molecule has 1 fully saturated rings. The average Bonchev–Trinajstić information content (AvgIpc) is 2.68. The van der Waals surface area contributed by atoms with Crippen LogP contribution in [0.25, 0.3) is 0 Å². The van der Waals surface area contributed by atoms with Gasteiger partial charge in [0, 0.05) is 12.1 Å². The van der Waals surface area contributed by atoms with E-state index in [0.717, 1.165) is 25.7 Å². The molecular formula is C16H30N2O3. The highest BCUT2D eigenvalue weighted by atomic mass is 16.4. The van der Waals surface area contributed by atoms with Gasteiger partial charge in [-0.05, 0) is 38.0 Å². The number of hydrogen-bond acceptors (Lipinski definition) is 2. The van der Waals surface area contributed by atoms with Gasteiger partial charge in [0.25, 0.3) is 0 Å².